The van der Waals surface area contributed by atoms with Crippen LogP contribution in [0.1, 0.15) is 24.9 Å². The van der Waals surface area contributed by atoms with Gasteiger partial charge in [-0.25, -0.2) is 17.2 Å². The first-order valence-corrected chi connectivity index (χ1v) is 6.43. The molecular weight excluding hydrogens is 236 g/mol. The Hall–Kier alpha value is -1.01. The van der Waals surface area contributed by atoms with Crippen LogP contribution in [0, 0.1) is 11.6 Å². The van der Waals surface area contributed by atoms with Crippen molar-refractivity contribution in [3.63, 3.8) is 0 Å². The summed E-state index contributed by atoms with van der Waals surface area (Å²) in [5.41, 5.74) is 5.44. The summed E-state index contributed by atoms with van der Waals surface area (Å²) in [5.74, 6) is -1.69. The molecule has 2 unspecified atom stereocenters. The van der Waals surface area contributed by atoms with E-state index in [1.165, 1.54) is 0 Å². The lowest BCUT2D eigenvalue weighted by molar-refractivity contribution is 0.541. The molecule has 1 aliphatic heterocycles. The zero-order chi connectivity index (χ0) is 12.1. The molecule has 0 radical (unpaired) electrons. The Morgan fingerprint density at radius 3 is 2.38 bits per heavy atom. The summed E-state index contributed by atoms with van der Waals surface area (Å²) >= 11 is 0. The Balaban J connectivity index is 2.82. The van der Waals surface area contributed by atoms with Crippen molar-refractivity contribution in [3.8, 4) is 0 Å². The van der Waals surface area contributed by atoms with Gasteiger partial charge in [-0.05, 0) is 18.6 Å². The number of nitrogens with two attached hydrogens (primary N) is 1. The average molecular weight is 247 g/mol. The van der Waals surface area contributed by atoms with E-state index in [2.05, 4.69) is 0 Å². The van der Waals surface area contributed by atoms with Crippen molar-refractivity contribution in [1.29, 1.82) is 0 Å². The molecule has 0 aromatic heterocycles. The highest BCUT2D eigenvalue weighted by Gasteiger charge is 2.45. The maximum absolute atomic E-state index is 13.5. The van der Waals surface area contributed by atoms with E-state index < -0.39 is 37.7 Å². The van der Waals surface area contributed by atoms with Crippen molar-refractivity contribution < 1.29 is 17.2 Å². The molecule has 2 rings (SSSR count). The van der Waals surface area contributed by atoms with Gasteiger partial charge < -0.3 is 5.73 Å². The molecule has 0 saturated heterocycles. The molecule has 0 amide bonds. The highest BCUT2D eigenvalue weighted by Crippen LogP contribution is 2.41. The first-order chi connectivity index (χ1) is 7.41. The van der Waals surface area contributed by atoms with Gasteiger partial charge in [0.2, 0.25) is 0 Å². The maximum atomic E-state index is 13.5. The number of sulfone groups is 1. The van der Waals surface area contributed by atoms with Crippen molar-refractivity contribution in [2.45, 2.75) is 29.5 Å². The lowest BCUT2D eigenvalue weighted by atomic mass is 10.0. The third-order valence-electron chi connectivity index (χ3n) is 2.91. The van der Waals surface area contributed by atoms with Crippen LogP contribution in [0.25, 0.3) is 0 Å². The smallest absolute Gasteiger partial charge is 0.186 e. The van der Waals surface area contributed by atoms with E-state index in [-0.39, 0.29) is 12.0 Å². The largest absolute Gasteiger partial charge is 0.323 e. The van der Waals surface area contributed by atoms with Crippen molar-refractivity contribution in [2.75, 3.05) is 0 Å². The van der Waals surface area contributed by atoms with Crippen molar-refractivity contribution >= 4 is 9.84 Å². The second kappa shape index (κ2) is 3.49. The number of benzene rings is 1. The van der Waals surface area contributed by atoms with Gasteiger partial charge in [0, 0.05) is 5.56 Å². The van der Waals surface area contributed by atoms with E-state index >= 15 is 0 Å². The van der Waals surface area contributed by atoms with Crippen LogP contribution < -0.4 is 5.73 Å². The zero-order valence-electron chi connectivity index (χ0n) is 8.57. The Labute approximate surface area is 92.2 Å². The number of halogens is 2. The molecule has 0 spiro atoms. The van der Waals surface area contributed by atoms with Crippen LogP contribution >= 0.6 is 0 Å². The number of hydrogen-bond donors (Lipinski definition) is 1. The number of hydrogen-bond acceptors (Lipinski definition) is 3. The Morgan fingerprint density at radius 2 is 1.88 bits per heavy atom. The molecule has 2 N–H and O–H groups in total. The molecule has 1 aromatic carbocycles. The summed E-state index contributed by atoms with van der Waals surface area (Å²) in [6.07, 6.45) is 0.233. The SMILES string of the molecule is CCC1C(N)c2c(F)ccc(F)c2S1(=O)=O. The molecule has 0 bridgehead atoms. The molecule has 88 valence electrons. The van der Waals surface area contributed by atoms with E-state index in [4.69, 9.17) is 5.73 Å². The molecule has 6 heteroatoms. The van der Waals surface area contributed by atoms with Gasteiger partial charge in [0.1, 0.15) is 16.5 Å². The van der Waals surface area contributed by atoms with Gasteiger partial charge >= 0.3 is 0 Å². The molecule has 3 nitrogen and oxygen atoms in total. The molecule has 0 aliphatic carbocycles. The molecule has 2 atom stereocenters. The fourth-order valence-electron chi connectivity index (χ4n) is 2.15. The average Bonchev–Trinajstić information content (AvgIpc) is 2.41. The quantitative estimate of drug-likeness (QED) is 0.818. The Kier molecular flexibility index (Phi) is 2.51. The minimum Gasteiger partial charge on any atom is -0.323 e. The van der Waals surface area contributed by atoms with Crippen LogP contribution in [0.3, 0.4) is 0 Å². The maximum Gasteiger partial charge on any atom is 0.186 e. The fraction of sp³-hybridized carbons (Fsp3) is 0.400. The molecule has 0 fully saturated rings. The second-order valence-corrected chi connectivity index (χ2v) is 5.89. The van der Waals surface area contributed by atoms with Crippen molar-refractivity contribution in [1.82, 2.24) is 0 Å². The van der Waals surface area contributed by atoms with E-state index in [1.807, 2.05) is 0 Å². The van der Waals surface area contributed by atoms with Crippen LogP contribution in [0.5, 0.6) is 0 Å². The lowest BCUT2D eigenvalue weighted by Crippen LogP contribution is -2.26. The van der Waals surface area contributed by atoms with E-state index in [0.29, 0.717) is 0 Å². The third-order valence-corrected chi connectivity index (χ3v) is 5.32. The predicted molar refractivity (Wildman–Crippen MR) is 54.6 cm³/mol. The Bertz CT molecular complexity index is 542. The molecule has 1 heterocycles. The molecule has 1 aliphatic rings. The zero-order valence-corrected chi connectivity index (χ0v) is 9.39. The topological polar surface area (TPSA) is 60.2 Å². The van der Waals surface area contributed by atoms with Crippen LogP contribution in [-0.4, -0.2) is 13.7 Å². The minimum absolute atomic E-state index is 0.216. The van der Waals surface area contributed by atoms with Crippen molar-refractivity contribution in [3.05, 3.63) is 29.3 Å². The number of rotatable bonds is 1. The van der Waals surface area contributed by atoms with Gasteiger partial charge in [-0.2, -0.15) is 0 Å². The van der Waals surface area contributed by atoms with Crippen LogP contribution in [0.4, 0.5) is 8.78 Å². The van der Waals surface area contributed by atoms with Gasteiger partial charge in [-0.15, -0.1) is 0 Å². The molecule has 1 aromatic rings. The first-order valence-electron chi connectivity index (χ1n) is 4.88. The summed E-state index contributed by atoms with van der Waals surface area (Å²) in [4.78, 5) is -0.563. The summed E-state index contributed by atoms with van der Waals surface area (Å²) in [6, 6.07) is 0.735. The number of fused-ring (bicyclic) bond motifs is 1. The minimum atomic E-state index is -3.84. The summed E-state index contributed by atoms with van der Waals surface area (Å²) in [7, 11) is -3.84. The molecule has 0 saturated carbocycles. The van der Waals surface area contributed by atoms with E-state index in [0.717, 1.165) is 12.1 Å². The van der Waals surface area contributed by atoms with Gasteiger partial charge in [-0.3, -0.25) is 0 Å². The second-order valence-electron chi connectivity index (χ2n) is 3.79. The monoisotopic (exact) mass is 247 g/mol. The van der Waals surface area contributed by atoms with Gasteiger partial charge in [0.15, 0.2) is 9.84 Å². The fourth-order valence-corrected chi connectivity index (χ4v) is 4.30. The van der Waals surface area contributed by atoms with Gasteiger partial charge in [0.05, 0.1) is 11.3 Å². The molecular formula is C10H11F2NO2S. The summed E-state index contributed by atoms with van der Waals surface area (Å²) in [5, 5.41) is -0.936. The summed E-state index contributed by atoms with van der Waals surface area (Å²) < 4.78 is 50.7. The van der Waals surface area contributed by atoms with Crippen LogP contribution in [0.2, 0.25) is 0 Å². The van der Waals surface area contributed by atoms with Gasteiger partial charge in [-0.1, -0.05) is 6.92 Å². The van der Waals surface area contributed by atoms with Gasteiger partial charge in [0.25, 0.3) is 0 Å². The normalized spacial score (nSPS) is 26.8. The van der Waals surface area contributed by atoms with Crippen LogP contribution in [0.15, 0.2) is 17.0 Å². The van der Waals surface area contributed by atoms with E-state index in [1.54, 1.807) is 6.92 Å². The summed E-state index contributed by atoms with van der Waals surface area (Å²) in [6.45, 7) is 1.63. The standard InChI is InChI=1S/C10H11F2NO2S/c1-2-7-9(13)8-5(11)3-4-6(12)10(8)16(7,14)15/h3-4,7,9H,2,13H2,1H3. The van der Waals surface area contributed by atoms with Crippen LogP contribution in [-0.2, 0) is 9.84 Å². The molecule has 16 heavy (non-hydrogen) atoms. The highest BCUT2D eigenvalue weighted by atomic mass is 32.2. The Morgan fingerprint density at radius 1 is 1.31 bits per heavy atom. The van der Waals surface area contributed by atoms with Crippen molar-refractivity contribution in [2.24, 2.45) is 5.73 Å². The highest BCUT2D eigenvalue weighted by molar-refractivity contribution is 7.92. The predicted octanol–water partition coefficient (Wildman–Crippen LogP) is 1.53. The van der Waals surface area contributed by atoms with E-state index in [9.17, 15) is 17.2 Å². The third kappa shape index (κ3) is 1.29. The first kappa shape index (κ1) is 11.5. The lowest BCUT2D eigenvalue weighted by Gasteiger charge is -2.11.